The van der Waals surface area contributed by atoms with Crippen LogP contribution in [-0.2, 0) is 9.16 Å². The first-order valence-electron chi connectivity index (χ1n) is 5.42. The van der Waals surface area contributed by atoms with Crippen LogP contribution in [0.2, 0.25) is 19.6 Å². The van der Waals surface area contributed by atoms with Crippen molar-refractivity contribution >= 4 is 17.8 Å². The van der Waals surface area contributed by atoms with Crippen molar-refractivity contribution in [1.82, 2.24) is 0 Å². The molecule has 1 heterocycles. The van der Waals surface area contributed by atoms with Gasteiger partial charge in [0.05, 0.1) is 0 Å². The Balaban J connectivity index is 2.64. The van der Waals surface area contributed by atoms with Crippen LogP contribution in [0, 0.1) is 0 Å². The van der Waals surface area contributed by atoms with Crippen LogP contribution in [0.25, 0.3) is 0 Å². The molecule has 0 aromatic rings. The summed E-state index contributed by atoms with van der Waals surface area (Å²) in [4.78, 5) is 0. The summed E-state index contributed by atoms with van der Waals surface area (Å²) in [5.74, 6) is 0. The number of rotatable bonds is 4. The van der Waals surface area contributed by atoms with E-state index in [4.69, 9.17) is 9.16 Å². The predicted octanol–water partition coefficient (Wildman–Crippen LogP) is 2.00. The van der Waals surface area contributed by atoms with Crippen molar-refractivity contribution < 1.29 is 9.16 Å². The molecule has 0 N–H and O–H groups in total. The molecular weight excluding hydrogens is 208 g/mol. The van der Waals surface area contributed by atoms with Crippen LogP contribution >= 0.6 is 0 Å². The Bertz CT molecular complexity index is 193. The van der Waals surface area contributed by atoms with E-state index in [1.807, 2.05) is 5.70 Å². The third-order valence-corrected chi connectivity index (χ3v) is 5.15. The van der Waals surface area contributed by atoms with Gasteiger partial charge in [-0.05, 0) is 38.9 Å². The van der Waals surface area contributed by atoms with Gasteiger partial charge in [0.2, 0.25) is 0 Å². The lowest BCUT2D eigenvalue weighted by Gasteiger charge is -2.41. The van der Waals surface area contributed by atoms with Gasteiger partial charge in [-0.25, -0.2) is 0 Å². The van der Waals surface area contributed by atoms with Gasteiger partial charge < -0.3 is 9.16 Å². The summed E-state index contributed by atoms with van der Waals surface area (Å²) in [6, 6.07) is 0. The smallest absolute Gasteiger partial charge is 0.187 e. The minimum absolute atomic E-state index is 0.204. The van der Waals surface area contributed by atoms with Crippen LogP contribution in [0.1, 0.15) is 19.3 Å². The average molecular weight is 230 g/mol. The molecule has 0 bridgehead atoms. The molecule has 82 valence electrons. The van der Waals surface area contributed by atoms with Gasteiger partial charge in [0.1, 0.15) is 14.9 Å². The summed E-state index contributed by atoms with van der Waals surface area (Å²) in [6.45, 7) is 11.4. The maximum Gasteiger partial charge on any atom is 0.187 e. The van der Waals surface area contributed by atoms with E-state index in [2.05, 4.69) is 26.2 Å². The van der Waals surface area contributed by atoms with Crippen LogP contribution in [0.4, 0.5) is 0 Å². The average Bonchev–Trinajstić information content (AvgIpc) is 2.02. The molecule has 4 heteroatoms. The first-order chi connectivity index (χ1) is 6.47. The van der Waals surface area contributed by atoms with Crippen molar-refractivity contribution in [2.45, 2.75) is 44.3 Å². The Kier molecular flexibility index (Phi) is 4.12. The van der Waals surface area contributed by atoms with Crippen molar-refractivity contribution in [3.05, 3.63) is 12.3 Å². The summed E-state index contributed by atoms with van der Waals surface area (Å²) < 4.78 is 12.1. The molecule has 1 aliphatic rings. The Labute approximate surface area is 90.6 Å². The van der Waals surface area contributed by atoms with Gasteiger partial charge in [-0.15, -0.1) is 12.3 Å². The maximum atomic E-state index is 6.21. The zero-order valence-corrected chi connectivity index (χ0v) is 12.1. The van der Waals surface area contributed by atoms with E-state index in [9.17, 15) is 0 Å². The molecule has 2 nitrogen and oxygen atoms in total. The van der Waals surface area contributed by atoms with Crippen LogP contribution in [-0.4, -0.2) is 29.9 Å². The van der Waals surface area contributed by atoms with Crippen LogP contribution in [0.3, 0.4) is 0 Å². The summed E-state index contributed by atoms with van der Waals surface area (Å²) in [7, 11) is -1.95. The monoisotopic (exact) mass is 230 g/mol. The molecule has 1 atom stereocenters. The molecule has 0 aromatic heterocycles. The van der Waals surface area contributed by atoms with E-state index < -0.39 is 17.8 Å². The predicted molar refractivity (Wildman–Crippen MR) is 65.7 cm³/mol. The van der Waals surface area contributed by atoms with E-state index >= 15 is 0 Å². The second-order valence-corrected chi connectivity index (χ2v) is 11.4. The molecule has 0 saturated carbocycles. The highest BCUT2D eigenvalue weighted by Crippen LogP contribution is 2.28. The van der Waals surface area contributed by atoms with Crippen molar-refractivity contribution in [1.29, 1.82) is 0 Å². The van der Waals surface area contributed by atoms with Crippen molar-refractivity contribution in [3.8, 4) is 0 Å². The SMILES string of the molecule is C=C[SiH2]C1(O[Si](C)(C)C)CCCCO1. The topological polar surface area (TPSA) is 18.5 Å². The summed E-state index contributed by atoms with van der Waals surface area (Å²) >= 11 is 0. The highest BCUT2D eigenvalue weighted by atomic mass is 28.4. The number of hydrogen-bond donors (Lipinski definition) is 0. The highest BCUT2D eigenvalue weighted by molar-refractivity contribution is 6.70. The van der Waals surface area contributed by atoms with Gasteiger partial charge in [0, 0.05) is 6.61 Å². The molecule has 0 aliphatic carbocycles. The van der Waals surface area contributed by atoms with Crippen molar-refractivity contribution in [2.75, 3.05) is 6.61 Å². The maximum absolute atomic E-state index is 6.21. The van der Waals surface area contributed by atoms with Gasteiger partial charge >= 0.3 is 0 Å². The zero-order chi connectivity index (χ0) is 10.7. The molecule has 1 fully saturated rings. The van der Waals surface area contributed by atoms with Crippen molar-refractivity contribution in [2.24, 2.45) is 0 Å². The van der Waals surface area contributed by atoms with E-state index in [0.717, 1.165) is 13.0 Å². The normalized spacial score (nSPS) is 29.6. The second kappa shape index (κ2) is 4.74. The Hall–Kier alpha value is 0.0938. The van der Waals surface area contributed by atoms with Gasteiger partial charge in [0.15, 0.2) is 8.32 Å². The van der Waals surface area contributed by atoms with Crippen LogP contribution in [0.5, 0.6) is 0 Å². The van der Waals surface area contributed by atoms with E-state index in [1.165, 1.54) is 12.8 Å². The lowest BCUT2D eigenvalue weighted by molar-refractivity contribution is -0.150. The standard InChI is InChI=1S/C10H22O2Si2/c1-5-13-10(12-14(2,3)4)8-6-7-9-11-10/h5H,1,6-9,13H2,2-4H3. The van der Waals surface area contributed by atoms with Crippen LogP contribution in [0.15, 0.2) is 12.3 Å². The summed E-state index contributed by atoms with van der Waals surface area (Å²) in [5.41, 5.74) is 1.84. The third kappa shape index (κ3) is 3.69. The van der Waals surface area contributed by atoms with E-state index in [-0.39, 0.29) is 5.41 Å². The summed E-state index contributed by atoms with van der Waals surface area (Å²) in [6.07, 6.45) is 3.50. The third-order valence-electron chi connectivity index (χ3n) is 2.26. The molecule has 0 aromatic carbocycles. The molecule has 1 unspecified atom stereocenters. The molecule has 0 spiro atoms. The Morgan fingerprint density at radius 2 is 2.14 bits per heavy atom. The van der Waals surface area contributed by atoms with Gasteiger partial charge in [0.25, 0.3) is 0 Å². The molecular formula is C10H22O2Si2. The van der Waals surface area contributed by atoms with Gasteiger partial charge in [-0.3, -0.25) is 0 Å². The largest absolute Gasteiger partial charge is 0.394 e. The number of ether oxygens (including phenoxy) is 1. The molecule has 1 saturated heterocycles. The molecule has 0 amide bonds. The van der Waals surface area contributed by atoms with E-state index in [1.54, 1.807) is 0 Å². The minimum atomic E-state index is -1.49. The quantitative estimate of drug-likeness (QED) is 0.688. The fourth-order valence-electron chi connectivity index (χ4n) is 1.89. The van der Waals surface area contributed by atoms with Crippen LogP contribution < -0.4 is 0 Å². The lowest BCUT2D eigenvalue weighted by atomic mass is 10.2. The second-order valence-electron chi connectivity index (χ2n) is 4.92. The molecule has 1 rings (SSSR count). The molecule has 1 aliphatic heterocycles. The Morgan fingerprint density at radius 3 is 2.57 bits per heavy atom. The molecule has 0 radical (unpaired) electrons. The lowest BCUT2D eigenvalue weighted by Crippen LogP contribution is -2.50. The zero-order valence-electron chi connectivity index (χ0n) is 9.64. The summed E-state index contributed by atoms with van der Waals surface area (Å²) in [5, 5.41) is 0. The fourth-order valence-corrected chi connectivity index (χ4v) is 5.95. The van der Waals surface area contributed by atoms with E-state index in [0.29, 0.717) is 0 Å². The minimum Gasteiger partial charge on any atom is -0.394 e. The van der Waals surface area contributed by atoms with Crippen molar-refractivity contribution in [3.63, 3.8) is 0 Å². The van der Waals surface area contributed by atoms with Gasteiger partial charge in [-0.1, -0.05) is 0 Å². The van der Waals surface area contributed by atoms with Gasteiger partial charge in [-0.2, -0.15) is 0 Å². The first-order valence-corrected chi connectivity index (χ1v) is 10.4. The molecule has 14 heavy (non-hydrogen) atoms. The Morgan fingerprint density at radius 1 is 1.43 bits per heavy atom. The number of hydrogen-bond acceptors (Lipinski definition) is 2. The fraction of sp³-hybridized carbons (Fsp3) is 0.800. The highest BCUT2D eigenvalue weighted by Gasteiger charge is 2.37. The first kappa shape index (κ1) is 12.2.